The SMILES string of the molecule is COc1cc2c(CBr)cc3ccc(OC)c(OC)c3c2cc1OC. The standard InChI is InChI=1S/C19H19BrO4/c1-21-15-6-5-11-7-12(10-20)13-8-16(22-2)17(23-3)9-14(13)18(11)19(15)24-4/h5-9H,10H2,1-4H3. The molecule has 0 aliphatic rings. The van der Waals surface area contributed by atoms with Crippen LogP contribution in [0.3, 0.4) is 0 Å². The molecule has 0 amide bonds. The van der Waals surface area contributed by atoms with Crippen molar-refractivity contribution in [1.82, 2.24) is 0 Å². The first-order chi connectivity index (χ1) is 11.7. The minimum absolute atomic E-state index is 0.683. The van der Waals surface area contributed by atoms with Gasteiger partial charge in [0.2, 0.25) is 0 Å². The highest BCUT2D eigenvalue weighted by Gasteiger charge is 2.17. The van der Waals surface area contributed by atoms with E-state index >= 15 is 0 Å². The highest BCUT2D eigenvalue weighted by atomic mass is 79.9. The van der Waals surface area contributed by atoms with Gasteiger partial charge in [-0.1, -0.05) is 22.0 Å². The van der Waals surface area contributed by atoms with Gasteiger partial charge in [0.1, 0.15) is 0 Å². The molecule has 3 aromatic carbocycles. The fraction of sp³-hybridized carbons (Fsp3) is 0.263. The van der Waals surface area contributed by atoms with E-state index in [0.717, 1.165) is 26.9 Å². The van der Waals surface area contributed by atoms with Crippen molar-refractivity contribution in [3.8, 4) is 23.0 Å². The Bertz CT molecular complexity index is 905. The summed E-state index contributed by atoms with van der Waals surface area (Å²) in [6.07, 6.45) is 0. The summed E-state index contributed by atoms with van der Waals surface area (Å²) in [7, 11) is 6.57. The Kier molecular flexibility index (Phi) is 4.71. The van der Waals surface area contributed by atoms with Crippen LogP contribution in [0.25, 0.3) is 21.5 Å². The number of hydrogen-bond donors (Lipinski definition) is 0. The van der Waals surface area contributed by atoms with Crippen LogP contribution in [0.15, 0.2) is 30.3 Å². The van der Waals surface area contributed by atoms with E-state index in [2.05, 4.69) is 22.0 Å². The van der Waals surface area contributed by atoms with E-state index in [0.29, 0.717) is 23.0 Å². The Balaban J connectivity index is 2.54. The first kappa shape index (κ1) is 16.7. The van der Waals surface area contributed by atoms with Crippen LogP contribution in [0, 0.1) is 0 Å². The van der Waals surface area contributed by atoms with Gasteiger partial charge in [-0.3, -0.25) is 0 Å². The Hall–Kier alpha value is -2.14. The van der Waals surface area contributed by atoms with Gasteiger partial charge in [-0.05, 0) is 46.0 Å². The monoisotopic (exact) mass is 390 g/mol. The van der Waals surface area contributed by atoms with E-state index in [1.807, 2.05) is 24.3 Å². The molecule has 0 saturated heterocycles. The first-order valence-corrected chi connectivity index (χ1v) is 8.58. The molecular weight excluding hydrogens is 372 g/mol. The molecule has 0 fully saturated rings. The smallest absolute Gasteiger partial charge is 0.169 e. The minimum atomic E-state index is 0.683. The maximum Gasteiger partial charge on any atom is 0.169 e. The summed E-state index contributed by atoms with van der Waals surface area (Å²) in [6, 6.07) is 10.1. The molecule has 0 aliphatic carbocycles. The summed E-state index contributed by atoms with van der Waals surface area (Å²) in [5.74, 6) is 2.80. The van der Waals surface area contributed by atoms with Crippen molar-refractivity contribution in [1.29, 1.82) is 0 Å². The van der Waals surface area contributed by atoms with Crippen molar-refractivity contribution < 1.29 is 18.9 Å². The summed E-state index contributed by atoms with van der Waals surface area (Å²) in [5, 5.41) is 4.95. The largest absolute Gasteiger partial charge is 0.493 e. The van der Waals surface area contributed by atoms with E-state index in [1.54, 1.807) is 28.4 Å². The van der Waals surface area contributed by atoms with Crippen LogP contribution in [0.4, 0.5) is 0 Å². The van der Waals surface area contributed by atoms with E-state index in [4.69, 9.17) is 18.9 Å². The van der Waals surface area contributed by atoms with Crippen LogP contribution in [0.5, 0.6) is 23.0 Å². The molecule has 0 heterocycles. The predicted octanol–water partition coefficient (Wildman–Crippen LogP) is 4.92. The van der Waals surface area contributed by atoms with Crippen LogP contribution >= 0.6 is 15.9 Å². The third-order valence-corrected chi connectivity index (χ3v) is 4.79. The van der Waals surface area contributed by atoms with Crippen molar-refractivity contribution >= 4 is 37.5 Å². The minimum Gasteiger partial charge on any atom is -0.493 e. The Morgan fingerprint density at radius 2 is 1.38 bits per heavy atom. The second-order valence-electron chi connectivity index (χ2n) is 5.32. The topological polar surface area (TPSA) is 36.9 Å². The molecule has 0 unspecified atom stereocenters. The van der Waals surface area contributed by atoms with Gasteiger partial charge in [0.05, 0.1) is 28.4 Å². The van der Waals surface area contributed by atoms with Gasteiger partial charge in [0, 0.05) is 10.7 Å². The summed E-state index contributed by atoms with van der Waals surface area (Å²) in [6.45, 7) is 0. The molecule has 3 aromatic rings. The highest BCUT2D eigenvalue weighted by molar-refractivity contribution is 9.08. The molecule has 24 heavy (non-hydrogen) atoms. The third-order valence-electron chi connectivity index (χ3n) is 4.19. The van der Waals surface area contributed by atoms with Gasteiger partial charge in [-0.15, -0.1) is 0 Å². The molecule has 0 aliphatic heterocycles. The molecule has 0 aromatic heterocycles. The van der Waals surface area contributed by atoms with Crippen molar-refractivity contribution in [3.63, 3.8) is 0 Å². The van der Waals surface area contributed by atoms with Crippen LogP contribution in [-0.2, 0) is 5.33 Å². The maximum atomic E-state index is 5.65. The molecule has 0 N–H and O–H groups in total. The summed E-state index contributed by atoms with van der Waals surface area (Å²) >= 11 is 3.58. The lowest BCUT2D eigenvalue weighted by Crippen LogP contribution is -1.96. The quantitative estimate of drug-likeness (QED) is 0.457. The molecule has 0 bridgehead atoms. The van der Waals surface area contributed by atoms with Gasteiger partial charge in [-0.25, -0.2) is 0 Å². The van der Waals surface area contributed by atoms with Gasteiger partial charge >= 0.3 is 0 Å². The van der Waals surface area contributed by atoms with Gasteiger partial charge < -0.3 is 18.9 Å². The number of halogens is 1. The molecule has 0 spiro atoms. The summed E-state index contributed by atoms with van der Waals surface area (Å²) in [4.78, 5) is 0. The molecule has 0 atom stereocenters. The lowest BCUT2D eigenvalue weighted by Gasteiger charge is -2.17. The van der Waals surface area contributed by atoms with E-state index < -0.39 is 0 Å². The normalized spacial score (nSPS) is 10.9. The van der Waals surface area contributed by atoms with Gasteiger partial charge in [-0.2, -0.15) is 0 Å². The van der Waals surface area contributed by atoms with Crippen molar-refractivity contribution in [2.75, 3.05) is 28.4 Å². The zero-order valence-corrected chi connectivity index (χ0v) is 15.7. The second-order valence-corrected chi connectivity index (χ2v) is 5.88. The lowest BCUT2D eigenvalue weighted by molar-refractivity contribution is 0.355. The molecule has 0 saturated carbocycles. The second kappa shape index (κ2) is 6.77. The van der Waals surface area contributed by atoms with Crippen LogP contribution in [0.2, 0.25) is 0 Å². The van der Waals surface area contributed by atoms with Crippen molar-refractivity contribution in [3.05, 3.63) is 35.9 Å². The zero-order valence-electron chi connectivity index (χ0n) is 14.1. The molecule has 4 nitrogen and oxygen atoms in total. The van der Waals surface area contributed by atoms with Crippen LogP contribution < -0.4 is 18.9 Å². The van der Waals surface area contributed by atoms with Crippen molar-refractivity contribution in [2.24, 2.45) is 0 Å². The average molecular weight is 391 g/mol. The lowest BCUT2D eigenvalue weighted by atomic mass is 9.96. The molecule has 5 heteroatoms. The van der Waals surface area contributed by atoms with Crippen molar-refractivity contribution in [2.45, 2.75) is 5.33 Å². The van der Waals surface area contributed by atoms with E-state index in [-0.39, 0.29) is 0 Å². The van der Waals surface area contributed by atoms with Gasteiger partial charge in [0.25, 0.3) is 0 Å². The van der Waals surface area contributed by atoms with Crippen LogP contribution in [0.1, 0.15) is 5.56 Å². The zero-order chi connectivity index (χ0) is 17.3. The summed E-state index contributed by atoms with van der Waals surface area (Å²) < 4.78 is 22.1. The number of methoxy groups -OCH3 is 4. The number of rotatable bonds is 5. The number of alkyl halides is 1. The molecular formula is C19H19BrO4. The maximum absolute atomic E-state index is 5.65. The average Bonchev–Trinajstić information content (AvgIpc) is 2.64. The van der Waals surface area contributed by atoms with E-state index in [9.17, 15) is 0 Å². The first-order valence-electron chi connectivity index (χ1n) is 7.46. The Labute approximate surface area is 149 Å². The fourth-order valence-corrected chi connectivity index (χ4v) is 3.53. The third kappa shape index (κ3) is 2.53. The highest BCUT2D eigenvalue weighted by Crippen LogP contribution is 2.44. The predicted molar refractivity (Wildman–Crippen MR) is 100 cm³/mol. The molecule has 0 radical (unpaired) electrons. The fourth-order valence-electron chi connectivity index (χ4n) is 3.07. The van der Waals surface area contributed by atoms with E-state index in [1.165, 1.54) is 5.56 Å². The van der Waals surface area contributed by atoms with Gasteiger partial charge in [0.15, 0.2) is 23.0 Å². The number of hydrogen-bond acceptors (Lipinski definition) is 4. The summed E-state index contributed by atoms with van der Waals surface area (Å²) in [5.41, 5.74) is 1.17. The molecule has 126 valence electrons. The number of ether oxygens (including phenoxy) is 4. The number of fused-ring (bicyclic) bond motifs is 3. The van der Waals surface area contributed by atoms with Crippen LogP contribution in [-0.4, -0.2) is 28.4 Å². The Morgan fingerprint density at radius 3 is 1.92 bits per heavy atom. The molecule has 3 rings (SSSR count). The number of benzene rings is 3. The Morgan fingerprint density at radius 1 is 0.750 bits per heavy atom.